The zero-order valence-electron chi connectivity index (χ0n) is 32.2. The average Bonchev–Trinajstić information content (AvgIpc) is 3.64. The van der Waals surface area contributed by atoms with Crippen molar-refractivity contribution >= 4 is 58.0 Å². The molecule has 0 spiro atoms. The van der Waals surface area contributed by atoms with Crippen molar-refractivity contribution in [3.05, 3.63) is 107 Å². The number of hydrogen-bond acceptors (Lipinski definition) is 10. The number of nitrogens with zero attached hydrogens (tertiary/aromatic N) is 3. The number of nitrogens with one attached hydrogen (secondary N) is 4. The molecule has 0 unspecified atom stereocenters. The molecule has 1 aliphatic heterocycles. The van der Waals surface area contributed by atoms with E-state index in [9.17, 15) is 24.3 Å². The monoisotopic (exact) mass is 825 g/mol. The zero-order chi connectivity index (χ0) is 41.2. The van der Waals surface area contributed by atoms with Gasteiger partial charge in [0.1, 0.15) is 17.1 Å². The third-order valence-corrected chi connectivity index (χ3v) is 12.0. The van der Waals surface area contributed by atoms with Crippen LogP contribution in [0.3, 0.4) is 0 Å². The van der Waals surface area contributed by atoms with Crippen LogP contribution in [0.1, 0.15) is 59.3 Å². The molecular formula is C42H48ClN9O5S. The van der Waals surface area contributed by atoms with E-state index in [1.54, 1.807) is 37.6 Å². The molecule has 0 bridgehead atoms. The molecule has 6 rings (SSSR count). The lowest BCUT2D eigenvalue weighted by Gasteiger charge is -2.32. The van der Waals surface area contributed by atoms with Crippen LogP contribution < -0.4 is 27.4 Å². The summed E-state index contributed by atoms with van der Waals surface area (Å²) in [5.74, 6) is -2.27. The first-order valence-electron chi connectivity index (χ1n) is 19.3. The van der Waals surface area contributed by atoms with Crippen LogP contribution >= 0.6 is 23.4 Å². The minimum atomic E-state index is -1.05. The van der Waals surface area contributed by atoms with Gasteiger partial charge in [-0.15, -0.1) is 0 Å². The summed E-state index contributed by atoms with van der Waals surface area (Å²) in [6.07, 6.45) is 7.64. The van der Waals surface area contributed by atoms with Gasteiger partial charge in [0.05, 0.1) is 22.3 Å². The number of para-hydroxylation sites is 1. The van der Waals surface area contributed by atoms with E-state index >= 15 is 0 Å². The number of hydrogen-bond donors (Lipinski definition) is 7. The van der Waals surface area contributed by atoms with Crippen LogP contribution in [0.5, 0.6) is 0 Å². The van der Waals surface area contributed by atoms with Gasteiger partial charge in [-0.05, 0) is 91.7 Å². The number of halogens is 1. The molecule has 3 amide bonds. The van der Waals surface area contributed by atoms with Crippen molar-refractivity contribution in [3.63, 3.8) is 0 Å². The van der Waals surface area contributed by atoms with Crippen LogP contribution in [-0.2, 0) is 33.9 Å². The van der Waals surface area contributed by atoms with Crippen LogP contribution in [0.25, 0.3) is 22.0 Å². The second kappa shape index (κ2) is 19.9. The van der Waals surface area contributed by atoms with Crippen LogP contribution in [0.4, 0.5) is 0 Å². The van der Waals surface area contributed by atoms with E-state index in [1.807, 2.05) is 36.5 Å². The minimum absolute atomic E-state index is 0.00414. The summed E-state index contributed by atoms with van der Waals surface area (Å²) in [6.45, 7) is 0.945. The minimum Gasteiger partial charge on any atom is -0.478 e. The predicted molar refractivity (Wildman–Crippen MR) is 224 cm³/mol. The van der Waals surface area contributed by atoms with Gasteiger partial charge >= 0.3 is 5.97 Å². The van der Waals surface area contributed by atoms with Gasteiger partial charge < -0.3 is 42.4 Å². The molecule has 3 aromatic carbocycles. The Bertz CT molecular complexity index is 2250. The summed E-state index contributed by atoms with van der Waals surface area (Å²) in [7, 11) is 1.59. The molecule has 3 heterocycles. The van der Waals surface area contributed by atoms with E-state index < -0.39 is 35.9 Å². The maximum Gasteiger partial charge on any atom is 0.335 e. The number of rotatable bonds is 11. The summed E-state index contributed by atoms with van der Waals surface area (Å²) in [5.41, 5.74) is 16.2. The molecule has 0 saturated carbocycles. The first-order valence-corrected chi connectivity index (χ1v) is 20.4. The Morgan fingerprint density at radius 1 is 0.914 bits per heavy atom. The molecule has 0 aliphatic carbocycles. The zero-order valence-corrected chi connectivity index (χ0v) is 33.7. The highest BCUT2D eigenvalue weighted by Gasteiger charge is 2.34. The number of fused-ring (bicyclic) bond motifs is 3. The number of carbonyl (C=O) groups is 4. The lowest BCUT2D eigenvalue weighted by atomic mass is 9.98. The van der Waals surface area contributed by atoms with E-state index in [1.165, 1.54) is 28.8 Å². The molecule has 9 N–H and O–H groups in total. The summed E-state index contributed by atoms with van der Waals surface area (Å²) >= 11 is 8.25. The second-order valence-corrected chi connectivity index (χ2v) is 15.6. The van der Waals surface area contributed by atoms with Crippen LogP contribution in [0.15, 0.2) is 89.2 Å². The van der Waals surface area contributed by atoms with Crippen molar-refractivity contribution in [3.8, 4) is 11.1 Å². The van der Waals surface area contributed by atoms with Crippen LogP contribution in [-0.4, -0.2) is 86.9 Å². The van der Waals surface area contributed by atoms with E-state index in [4.69, 9.17) is 23.1 Å². The van der Waals surface area contributed by atoms with Crippen LogP contribution in [0, 0.1) is 0 Å². The maximum absolute atomic E-state index is 14.7. The molecule has 1 aliphatic rings. The molecule has 0 saturated heterocycles. The van der Waals surface area contributed by atoms with E-state index in [0.29, 0.717) is 82.5 Å². The van der Waals surface area contributed by atoms with Crippen molar-refractivity contribution < 1.29 is 24.3 Å². The lowest BCUT2D eigenvalue weighted by Crippen LogP contribution is -2.57. The van der Waals surface area contributed by atoms with Crippen LogP contribution in [0.2, 0.25) is 5.02 Å². The molecule has 14 nitrogen and oxygen atoms in total. The van der Waals surface area contributed by atoms with Gasteiger partial charge in [-0.25, -0.2) is 9.78 Å². The maximum atomic E-state index is 14.7. The summed E-state index contributed by atoms with van der Waals surface area (Å²) in [6, 6.07) is 15.1. The number of amides is 3. The number of benzene rings is 3. The third-order valence-electron chi connectivity index (χ3n) is 10.3. The van der Waals surface area contributed by atoms with Gasteiger partial charge in [-0.3, -0.25) is 19.4 Å². The average molecular weight is 826 g/mol. The summed E-state index contributed by atoms with van der Waals surface area (Å²) in [4.78, 5) is 69.6. The number of carboxylic acid groups (broad SMARTS) is 1. The van der Waals surface area contributed by atoms with Gasteiger partial charge in [-0.2, -0.15) is 0 Å². The number of aromatic amines is 1. The molecule has 0 fully saturated rings. The number of aromatic nitrogens is 3. The Morgan fingerprint density at radius 2 is 1.66 bits per heavy atom. The number of H-pyrrole nitrogens is 1. The summed E-state index contributed by atoms with van der Waals surface area (Å²) in [5, 5.41) is 20.9. The molecule has 16 heteroatoms. The highest BCUT2D eigenvalue weighted by Crippen LogP contribution is 2.41. The summed E-state index contributed by atoms with van der Waals surface area (Å²) < 4.78 is 0. The highest BCUT2D eigenvalue weighted by molar-refractivity contribution is 7.99. The Labute approximate surface area is 345 Å². The second-order valence-electron chi connectivity index (χ2n) is 14.2. The first-order chi connectivity index (χ1) is 28.1. The number of carbonyl (C=O) groups excluding carboxylic acids is 3. The number of nitrogens with two attached hydrogens (primary N) is 2. The standard InChI is InChI=1S/C42H48ClN9O5S/c1-52-36(21-27-22-48-32-8-3-2-7-29(27)32)39(54)50-23-30-28(25-11-13-26(14-12-25)42(56)57)15-16-31(43)37(30)58-40-35(46-19-20-47-40)24-49-33(10-6-18-45)38(53)51-34(41(52)55)9-4-5-17-44/h2-3,7-8,11-16,19-20,22,33-34,36,48-49H,4-6,9-10,17-18,21,23-24,44-45H2,1H3,(H,50,54)(H,51,53)(H,56,57)/t33-,34-,36-/m0/s1. The SMILES string of the molecule is CN1C(=O)[C@H](CCCCN)NC(=O)[C@H](CCCN)NCc2nccnc2Sc2c(Cl)ccc(-c3ccc(C(=O)O)cc3)c2CNC(=O)[C@@H]1Cc1c[nH]c2ccccc12. The molecule has 0 radical (unpaired) electrons. The number of carboxylic acids is 1. The molecule has 2 aromatic heterocycles. The van der Waals surface area contributed by atoms with E-state index in [-0.39, 0.29) is 31.0 Å². The van der Waals surface area contributed by atoms with E-state index in [0.717, 1.165) is 16.5 Å². The van der Waals surface area contributed by atoms with Crippen molar-refractivity contribution in [2.45, 2.75) is 79.7 Å². The molecule has 5 aromatic rings. The largest absolute Gasteiger partial charge is 0.478 e. The molecule has 58 heavy (non-hydrogen) atoms. The topological polar surface area (TPSA) is 221 Å². The number of aromatic carboxylic acids is 1. The smallest absolute Gasteiger partial charge is 0.335 e. The van der Waals surface area contributed by atoms with Crippen molar-refractivity contribution in [2.24, 2.45) is 11.5 Å². The fourth-order valence-electron chi connectivity index (χ4n) is 7.10. The normalized spacial score (nSPS) is 18.2. The first kappa shape index (κ1) is 42.3. The number of likely N-dealkylation sites (N-methyl/N-ethyl adjacent to an activating group) is 1. The quantitative estimate of drug-likeness (QED) is 0.0910. The lowest BCUT2D eigenvalue weighted by molar-refractivity contribution is -0.142. The van der Waals surface area contributed by atoms with Crippen molar-refractivity contribution in [2.75, 3.05) is 20.1 Å². The Kier molecular flexibility index (Phi) is 14.5. The highest BCUT2D eigenvalue weighted by atomic mass is 35.5. The van der Waals surface area contributed by atoms with Gasteiger partial charge in [0.15, 0.2) is 0 Å². The Hall–Kier alpha value is -5.32. The number of unbranched alkanes of at least 4 members (excludes halogenated alkanes) is 1. The predicted octanol–water partition coefficient (Wildman–Crippen LogP) is 4.64. The van der Waals surface area contributed by atoms with Gasteiger partial charge in [0, 0.05) is 60.9 Å². The van der Waals surface area contributed by atoms with Crippen molar-refractivity contribution in [1.82, 2.24) is 35.8 Å². The van der Waals surface area contributed by atoms with Gasteiger partial charge in [0.2, 0.25) is 17.7 Å². The molecular weight excluding hydrogens is 778 g/mol. The van der Waals surface area contributed by atoms with E-state index in [2.05, 4.69) is 30.9 Å². The van der Waals surface area contributed by atoms with Crippen molar-refractivity contribution in [1.29, 1.82) is 0 Å². The fourth-order valence-corrected chi connectivity index (χ4v) is 8.42. The molecule has 304 valence electrons. The fraction of sp³-hybridized carbons (Fsp3) is 0.333. The van der Waals surface area contributed by atoms with Gasteiger partial charge in [0.25, 0.3) is 0 Å². The molecule has 3 atom stereocenters. The third kappa shape index (κ3) is 10.0. The Balaban J connectivity index is 1.48. The van der Waals surface area contributed by atoms with Gasteiger partial charge in [-0.1, -0.05) is 59.8 Å². The Morgan fingerprint density at radius 3 is 2.41 bits per heavy atom.